The number of aromatic nitrogens is 4. The summed E-state index contributed by atoms with van der Waals surface area (Å²) in [4.78, 5) is 15.6. The van der Waals surface area contributed by atoms with E-state index in [-0.39, 0.29) is 0 Å². The number of benzene rings is 8. The Kier molecular flexibility index (Phi) is 6.76. The fourth-order valence-corrected chi connectivity index (χ4v) is 9.67. The number of rotatable bonds is 5. The molecule has 0 atom stereocenters. The van der Waals surface area contributed by atoms with Crippen LogP contribution in [0.1, 0.15) is 0 Å². The molecule has 0 spiro atoms. The summed E-state index contributed by atoms with van der Waals surface area (Å²) in [6.45, 7) is 0. The average molecular weight is 731 g/mol. The van der Waals surface area contributed by atoms with Gasteiger partial charge in [-0.05, 0) is 64.7 Å². The van der Waals surface area contributed by atoms with Crippen LogP contribution in [0, 0.1) is 0 Å². The Morgan fingerprint density at radius 3 is 1.84 bits per heavy atom. The lowest BCUT2D eigenvalue weighted by molar-refractivity contribution is 1.23. The molecule has 4 heterocycles. The summed E-state index contributed by atoms with van der Waals surface area (Å²) in [6.07, 6.45) is 0. The largest absolute Gasteiger partial charge is 0.308 e. The third-order valence-corrected chi connectivity index (χ3v) is 12.3. The van der Waals surface area contributed by atoms with Crippen molar-refractivity contribution in [2.24, 2.45) is 0 Å². The smallest absolute Gasteiger partial charge is 0.160 e. The van der Waals surface area contributed by atoms with Crippen LogP contribution in [-0.2, 0) is 0 Å². The van der Waals surface area contributed by atoms with Gasteiger partial charge in [-0.25, -0.2) is 15.0 Å². The van der Waals surface area contributed by atoms with Crippen LogP contribution < -0.4 is 0 Å². The molecule has 56 heavy (non-hydrogen) atoms. The van der Waals surface area contributed by atoms with Crippen LogP contribution in [0.15, 0.2) is 182 Å². The van der Waals surface area contributed by atoms with E-state index >= 15 is 0 Å². The van der Waals surface area contributed by atoms with Crippen LogP contribution >= 0.6 is 11.3 Å². The minimum Gasteiger partial charge on any atom is -0.308 e. The fraction of sp³-hybridized carbons (Fsp3) is 0. The summed E-state index contributed by atoms with van der Waals surface area (Å²) < 4.78 is 3.69. The van der Waals surface area contributed by atoms with Crippen LogP contribution in [0.25, 0.3) is 115 Å². The quantitative estimate of drug-likeness (QED) is 0.177. The number of hydrogen-bond acceptors (Lipinski definition) is 4. The summed E-state index contributed by atoms with van der Waals surface area (Å²) >= 11 is 1.79. The van der Waals surface area contributed by atoms with Crippen LogP contribution in [-0.4, -0.2) is 19.4 Å². The molecule has 0 bridgehead atoms. The molecule has 5 heteroatoms. The van der Waals surface area contributed by atoms with Crippen molar-refractivity contribution in [1.29, 1.82) is 0 Å². The molecular formula is C51H30N4S. The highest BCUT2D eigenvalue weighted by atomic mass is 32.1. The van der Waals surface area contributed by atoms with Crippen molar-refractivity contribution in [2.45, 2.75) is 0 Å². The predicted molar refractivity (Wildman–Crippen MR) is 235 cm³/mol. The van der Waals surface area contributed by atoms with E-state index in [0.717, 1.165) is 60.5 Å². The molecule has 0 aliphatic heterocycles. The third kappa shape index (κ3) is 4.75. The summed E-state index contributed by atoms with van der Waals surface area (Å²) in [5.41, 5.74) is 14.4. The van der Waals surface area contributed by atoms with Gasteiger partial charge < -0.3 is 4.40 Å². The van der Waals surface area contributed by atoms with Gasteiger partial charge in [0.25, 0.3) is 0 Å². The van der Waals surface area contributed by atoms with Crippen molar-refractivity contribution in [3.63, 3.8) is 0 Å². The van der Waals surface area contributed by atoms with Crippen LogP contribution in [0.4, 0.5) is 0 Å². The first kappa shape index (κ1) is 31.2. The molecule has 0 aliphatic carbocycles. The molecular weight excluding hydrogens is 701 g/mol. The van der Waals surface area contributed by atoms with Crippen molar-refractivity contribution in [3.8, 4) is 55.5 Å². The van der Waals surface area contributed by atoms with E-state index in [9.17, 15) is 0 Å². The topological polar surface area (TPSA) is 43.1 Å². The van der Waals surface area contributed by atoms with Gasteiger partial charge in [0.15, 0.2) is 5.82 Å². The van der Waals surface area contributed by atoms with Gasteiger partial charge in [0.05, 0.1) is 38.0 Å². The Morgan fingerprint density at radius 2 is 1.00 bits per heavy atom. The first-order valence-corrected chi connectivity index (χ1v) is 19.7. The van der Waals surface area contributed by atoms with Crippen LogP contribution in [0.2, 0.25) is 0 Å². The molecule has 0 fully saturated rings. The Balaban J connectivity index is 1.02. The number of nitrogens with zero attached hydrogens (tertiary/aromatic N) is 4. The van der Waals surface area contributed by atoms with Crippen molar-refractivity contribution in [3.05, 3.63) is 182 Å². The van der Waals surface area contributed by atoms with Crippen molar-refractivity contribution in [1.82, 2.24) is 19.4 Å². The second kappa shape index (κ2) is 12.2. The molecule has 0 N–H and O–H groups in total. The molecule has 0 aliphatic rings. The summed E-state index contributed by atoms with van der Waals surface area (Å²) in [7, 11) is 0. The molecule has 12 rings (SSSR count). The number of thiazole rings is 1. The lowest BCUT2D eigenvalue weighted by Crippen LogP contribution is -1.95. The molecule has 12 aromatic rings. The zero-order valence-corrected chi connectivity index (χ0v) is 30.8. The third-order valence-electron chi connectivity index (χ3n) is 11.1. The van der Waals surface area contributed by atoms with E-state index in [1.165, 1.54) is 48.4 Å². The lowest BCUT2D eigenvalue weighted by atomic mass is 9.98. The SMILES string of the molecule is c1ccc(-c2cccc(-c3nc(-c4cccc(-c5ccc6c(c5)c5cc7nc(-c8ccccc8)sc7c7c8ccccc8n6c57)c4)nc4ccccc34)c2)cc1. The van der Waals surface area contributed by atoms with Gasteiger partial charge in [0.2, 0.25) is 0 Å². The molecule has 4 nitrogen and oxygen atoms in total. The molecule has 8 aromatic carbocycles. The van der Waals surface area contributed by atoms with E-state index < -0.39 is 0 Å². The van der Waals surface area contributed by atoms with Gasteiger partial charge in [0, 0.05) is 43.6 Å². The fourth-order valence-electron chi connectivity index (χ4n) is 8.57. The summed E-state index contributed by atoms with van der Waals surface area (Å²) in [6, 6.07) is 64.6. The maximum Gasteiger partial charge on any atom is 0.160 e. The molecule has 0 amide bonds. The number of hydrogen-bond donors (Lipinski definition) is 0. The monoisotopic (exact) mass is 730 g/mol. The molecule has 0 unspecified atom stereocenters. The summed E-state index contributed by atoms with van der Waals surface area (Å²) in [5, 5.41) is 7.07. The van der Waals surface area contributed by atoms with Gasteiger partial charge in [-0.1, -0.05) is 140 Å². The highest BCUT2D eigenvalue weighted by molar-refractivity contribution is 7.22. The Labute approximate surface area is 326 Å². The number of para-hydroxylation sites is 2. The zero-order valence-electron chi connectivity index (χ0n) is 30.0. The zero-order chi connectivity index (χ0) is 36.7. The number of fused-ring (bicyclic) bond motifs is 9. The van der Waals surface area contributed by atoms with E-state index in [1.807, 2.05) is 6.07 Å². The molecule has 0 saturated carbocycles. The van der Waals surface area contributed by atoms with E-state index in [4.69, 9.17) is 15.0 Å². The Morgan fingerprint density at radius 1 is 0.375 bits per heavy atom. The maximum atomic E-state index is 5.28. The second-order valence-electron chi connectivity index (χ2n) is 14.4. The second-order valence-corrected chi connectivity index (χ2v) is 15.4. The minimum atomic E-state index is 0.708. The van der Waals surface area contributed by atoms with Crippen molar-refractivity contribution >= 4 is 70.6 Å². The van der Waals surface area contributed by atoms with Gasteiger partial charge in [-0.2, -0.15) is 0 Å². The van der Waals surface area contributed by atoms with Gasteiger partial charge in [0.1, 0.15) is 5.01 Å². The minimum absolute atomic E-state index is 0.708. The van der Waals surface area contributed by atoms with Gasteiger partial charge >= 0.3 is 0 Å². The first-order chi connectivity index (χ1) is 27.7. The first-order valence-electron chi connectivity index (χ1n) is 18.9. The standard InChI is InChI=1S/C51H30N4S/c1-3-13-31(14-4-1)33-17-11-19-36(27-33)47-38-21-7-9-23-42(38)52-50(54-47)37-20-12-18-34(28-37)35-25-26-45-40(29-35)41-30-43-49(56-51(53-43)32-15-5-2-6-16-32)46-39-22-8-10-24-44(39)55(45)48(41)46/h1-30H. The normalized spacial score (nSPS) is 11.9. The highest BCUT2D eigenvalue weighted by Gasteiger charge is 2.22. The van der Waals surface area contributed by atoms with Gasteiger partial charge in [-0.15, -0.1) is 11.3 Å². The van der Waals surface area contributed by atoms with E-state index in [1.54, 1.807) is 11.3 Å². The molecule has 0 radical (unpaired) electrons. The molecule has 4 aromatic heterocycles. The average Bonchev–Trinajstić information content (AvgIpc) is 3.95. The van der Waals surface area contributed by atoms with E-state index in [0.29, 0.717) is 5.82 Å². The van der Waals surface area contributed by atoms with Gasteiger partial charge in [-0.3, -0.25) is 0 Å². The summed E-state index contributed by atoms with van der Waals surface area (Å²) in [5.74, 6) is 0.708. The van der Waals surface area contributed by atoms with Crippen LogP contribution in [0.5, 0.6) is 0 Å². The van der Waals surface area contributed by atoms with Crippen molar-refractivity contribution < 1.29 is 0 Å². The van der Waals surface area contributed by atoms with Crippen LogP contribution in [0.3, 0.4) is 0 Å². The molecule has 0 saturated heterocycles. The Bertz CT molecular complexity index is 3470. The Hall–Kier alpha value is -7.21. The van der Waals surface area contributed by atoms with E-state index in [2.05, 4.69) is 180 Å². The highest BCUT2D eigenvalue weighted by Crippen LogP contribution is 2.46. The molecule has 260 valence electrons. The maximum absolute atomic E-state index is 5.28. The lowest BCUT2D eigenvalue weighted by Gasteiger charge is -2.12. The van der Waals surface area contributed by atoms with Crippen molar-refractivity contribution in [2.75, 3.05) is 0 Å². The predicted octanol–water partition coefficient (Wildman–Crippen LogP) is 13.7.